The number of carbonyl (C=O) groups is 1. The van der Waals surface area contributed by atoms with Crippen molar-refractivity contribution in [2.24, 2.45) is 0 Å². The number of amides is 1. The number of nitro groups is 1. The Labute approximate surface area is 99.0 Å². The zero-order valence-electron chi connectivity index (χ0n) is 9.97. The third kappa shape index (κ3) is 3.86. The van der Waals surface area contributed by atoms with Gasteiger partial charge in [-0.05, 0) is 18.3 Å². The summed E-state index contributed by atoms with van der Waals surface area (Å²) < 4.78 is 1.33. The molecule has 0 fully saturated rings. The third-order valence-electron chi connectivity index (χ3n) is 2.30. The Bertz CT molecular complexity index is 414. The van der Waals surface area contributed by atoms with Crippen molar-refractivity contribution < 1.29 is 9.72 Å². The normalized spacial score (nSPS) is 10.2. The van der Waals surface area contributed by atoms with Crippen LogP contribution in [0.5, 0.6) is 0 Å². The monoisotopic (exact) mass is 240 g/mol. The second-order valence-electron chi connectivity index (χ2n) is 3.76. The standard InChI is InChI=1S/C10H16N4O3/c1-3-4-5-11-10(15)7-13-8(2)6-9(12-13)14(16)17/h6H,3-5,7H2,1-2H3,(H,11,15). The summed E-state index contributed by atoms with van der Waals surface area (Å²) in [6.45, 7) is 4.35. The summed E-state index contributed by atoms with van der Waals surface area (Å²) >= 11 is 0. The van der Waals surface area contributed by atoms with Gasteiger partial charge in [-0.3, -0.25) is 4.79 Å². The van der Waals surface area contributed by atoms with Crippen molar-refractivity contribution >= 4 is 11.7 Å². The molecule has 0 atom stereocenters. The maximum Gasteiger partial charge on any atom is 0.390 e. The van der Waals surface area contributed by atoms with E-state index in [4.69, 9.17) is 0 Å². The van der Waals surface area contributed by atoms with Gasteiger partial charge in [-0.2, -0.15) is 4.68 Å². The molecular weight excluding hydrogens is 224 g/mol. The van der Waals surface area contributed by atoms with Crippen LogP contribution in [0, 0.1) is 17.0 Å². The van der Waals surface area contributed by atoms with Gasteiger partial charge in [-0.15, -0.1) is 0 Å². The number of nitrogens with zero attached hydrogens (tertiary/aromatic N) is 3. The molecule has 0 aromatic carbocycles. The molecule has 0 radical (unpaired) electrons. The minimum absolute atomic E-state index is 0.0172. The molecule has 0 aliphatic carbocycles. The first kappa shape index (κ1) is 13.1. The molecule has 17 heavy (non-hydrogen) atoms. The first-order valence-corrected chi connectivity index (χ1v) is 5.50. The number of hydrogen-bond acceptors (Lipinski definition) is 4. The molecule has 0 aliphatic rings. The lowest BCUT2D eigenvalue weighted by Gasteiger charge is -2.02. The lowest BCUT2D eigenvalue weighted by molar-refractivity contribution is -0.389. The Morgan fingerprint density at radius 2 is 2.35 bits per heavy atom. The predicted molar refractivity (Wildman–Crippen MR) is 61.5 cm³/mol. The van der Waals surface area contributed by atoms with E-state index in [0.717, 1.165) is 12.8 Å². The summed E-state index contributed by atoms with van der Waals surface area (Å²) in [5.41, 5.74) is 0.599. The second kappa shape index (κ2) is 5.97. The van der Waals surface area contributed by atoms with Crippen molar-refractivity contribution in [1.29, 1.82) is 0 Å². The maximum atomic E-state index is 11.5. The van der Waals surface area contributed by atoms with Crippen LogP contribution < -0.4 is 5.32 Å². The van der Waals surface area contributed by atoms with E-state index < -0.39 is 4.92 Å². The summed E-state index contributed by atoms with van der Waals surface area (Å²) in [7, 11) is 0. The molecule has 1 aromatic heterocycles. The lowest BCUT2D eigenvalue weighted by atomic mass is 10.3. The van der Waals surface area contributed by atoms with Crippen molar-refractivity contribution in [3.8, 4) is 0 Å². The van der Waals surface area contributed by atoms with E-state index in [0.29, 0.717) is 12.2 Å². The fraction of sp³-hybridized carbons (Fsp3) is 0.600. The van der Waals surface area contributed by atoms with Gasteiger partial charge >= 0.3 is 5.82 Å². The van der Waals surface area contributed by atoms with Crippen molar-refractivity contribution in [2.45, 2.75) is 33.2 Å². The number of nitrogens with one attached hydrogen (secondary N) is 1. The van der Waals surface area contributed by atoms with Crippen molar-refractivity contribution in [1.82, 2.24) is 15.1 Å². The van der Waals surface area contributed by atoms with E-state index in [1.165, 1.54) is 10.7 Å². The zero-order chi connectivity index (χ0) is 12.8. The maximum absolute atomic E-state index is 11.5. The number of unbranched alkanes of at least 4 members (excludes halogenated alkanes) is 1. The van der Waals surface area contributed by atoms with Crippen molar-refractivity contribution in [2.75, 3.05) is 6.54 Å². The van der Waals surface area contributed by atoms with Crippen LogP contribution in [-0.4, -0.2) is 27.2 Å². The van der Waals surface area contributed by atoms with Gasteiger partial charge in [0.15, 0.2) is 0 Å². The van der Waals surface area contributed by atoms with Gasteiger partial charge in [-0.25, -0.2) is 0 Å². The first-order valence-electron chi connectivity index (χ1n) is 5.50. The molecule has 0 saturated carbocycles. The molecule has 7 heteroatoms. The molecule has 1 aromatic rings. The zero-order valence-corrected chi connectivity index (χ0v) is 9.97. The predicted octanol–water partition coefficient (Wildman–Crippen LogP) is 1.02. The van der Waals surface area contributed by atoms with E-state index in [-0.39, 0.29) is 18.3 Å². The fourth-order valence-electron chi connectivity index (χ4n) is 1.34. The van der Waals surface area contributed by atoms with Gasteiger partial charge in [0.25, 0.3) is 0 Å². The summed E-state index contributed by atoms with van der Waals surface area (Å²) in [6.07, 6.45) is 1.93. The molecule has 1 heterocycles. The fourth-order valence-corrected chi connectivity index (χ4v) is 1.34. The molecule has 1 amide bonds. The van der Waals surface area contributed by atoms with Gasteiger partial charge in [0.05, 0.1) is 16.9 Å². The Morgan fingerprint density at radius 1 is 1.65 bits per heavy atom. The van der Waals surface area contributed by atoms with Crippen LogP contribution >= 0.6 is 0 Å². The van der Waals surface area contributed by atoms with Crippen LogP contribution in [0.15, 0.2) is 6.07 Å². The summed E-state index contributed by atoms with van der Waals surface area (Å²) in [5.74, 6) is -0.414. The minimum atomic E-state index is -0.571. The number of aryl methyl sites for hydroxylation is 1. The second-order valence-corrected chi connectivity index (χ2v) is 3.76. The van der Waals surface area contributed by atoms with Gasteiger partial charge in [-0.1, -0.05) is 13.3 Å². The van der Waals surface area contributed by atoms with Crippen molar-refractivity contribution in [3.63, 3.8) is 0 Å². The third-order valence-corrected chi connectivity index (χ3v) is 2.30. The van der Waals surface area contributed by atoms with E-state index in [2.05, 4.69) is 10.4 Å². The average Bonchev–Trinajstić information content (AvgIpc) is 2.61. The van der Waals surface area contributed by atoms with Gasteiger partial charge in [0.2, 0.25) is 5.91 Å². The number of hydrogen-bond donors (Lipinski definition) is 1. The lowest BCUT2D eigenvalue weighted by Crippen LogP contribution is -2.29. The van der Waals surface area contributed by atoms with Crippen LogP contribution in [0.3, 0.4) is 0 Å². The van der Waals surface area contributed by atoms with E-state index in [1.54, 1.807) is 6.92 Å². The Kier molecular flexibility index (Phi) is 4.62. The molecule has 7 nitrogen and oxygen atoms in total. The van der Waals surface area contributed by atoms with Gasteiger partial charge in [0, 0.05) is 6.54 Å². The van der Waals surface area contributed by atoms with E-state index in [9.17, 15) is 14.9 Å². The average molecular weight is 240 g/mol. The largest absolute Gasteiger partial charge is 0.390 e. The van der Waals surface area contributed by atoms with E-state index >= 15 is 0 Å². The molecule has 1 rings (SSSR count). The van der Waals surface area contributed by atoms with Gasteiger partial charge in [0.1, 0.15) is 6.54 Å². The summed E-state index contributed by atoms with van der Waals surface area (Å²) in [6, 6.07) is 1.35. The van der Waals surface area contributed by atoms with Crippen LogP contribution in [0.4, 0.5) is 5.82 Å². The molecule has 0 unspecified atom stereocenters. The van der Waals surface area contributed by atoms with Crippen LogP contribution in [0.25, 0.3) is 0 Å². The Balaban J connectivity index is 2.56. The minimum Gasteiger partial charge on any atom is -0.358 e. The highest BCUT2D eigenvalue weighted by molar-refractivity contribution is 5.75. The molecule has 0 bridgehead atoms. The smallest absolute Gasteiger partial charge is 0.358 e. The molecule has 1 N–H and O–H groups in total. The Hall–Kier alpha value is -1.92. The highest BCUT2D eigenvalue weighted by Crippen LogP contribution is 2.10. The summed E-state index contributed by atoms with van der Waals surface area (Å²) in [5, 5.41) is 17.0. The molecule has 0 spiro atoms. The summed E-state index contributed by atoms with van der Waals surface area (Å²) in [4.78, 5) is 21.4. The molecule has 0 saturated heterocycles. The first-order chi connectivity index (χ1) is 8.04. The molecule has 0 aliphatic heterocycles. The number of rotatable bonds is 6. The SMILES string of the molecule is CCCCNC(=O)Cn1nc([N+](=O)[O-])cc1C. The van der Waals surface area contributed by atoms with E-state index in [1.807, 2.05) is 6.92 Å². The van der Waals surface area contributed by atoms with Crippen LogP contribution in [0.1, 0.15) is 25.5 Å². The van der Waals surface area contributed by atoms with Crippen LogP contribution in [-0.2, 0) is 11.3 Å². The highest BCUT2D eigenvalue weighted by Gasteiger charge is 2.16. The molecule has 94 valence electrons. The molecular formula is C10H16N4O3. The topological polar surface area (TPSA) is 90.1 Å². The van der Waals surface area contributed by atoms with Crippen LogP contribution in [0.2, 0.25) is 0 Å². The highest BCUT2D eigenvalue weighted by atomic mass is 16.6. The number of carbonyl (C=O) groups excluding carboxylic acids is 1. The van der Waals surface area contributed by atoms with Crippen molar-refractivity contribution in [3.05, 3.63) is 21.9 Å². The van der Waals surface area contributed by atoms with Gasteiger partial charge < -0.3 is 15.4 Å². The quantitative estimate of drug-likeness (QED) is 0.456. The Morgan fingerprint density at radius 3 is 2.88 bits per heavy atom. The number of aromatic nitrogens is 2.